The first kappa shape index (κ1) is 13.3. The molecule has 0 spiro atoms. The van der Waals surface area contributed by atoms with E-state index in [1.54, 1.807) is 0 Å². The van der Waals surface area contributed by atoms with Crippen LogP contribution in [0.2, 0.25) is 5.02 Å². The summed E-state index contributed by atoms with van der Waals surface area (Å²) in [7, 11) is 0. The highest BCUT2D eigenvalue weighted by molar-refractivity contribution is 6.31. The number of nitrogens with two attached hydrogens (primary N) is 2. The summed E-state index contributed by atoms with van der Waals surface area (Å²) >= 11 is 5.15. The molecule has 0 fully saturated rings. The Hall–Kier alpha value is -1.81. The van der Waals surface area contributed by atoms with Gasteiger partial charge in [-0.05, 0) is 24.3 Å². The topological polar surface area (TPSA) is 52.0 Å². The van der Waals surface area contributed by atoms with E-state index in [9.17, 15) is 8.78 Å². The predicted octanol–water partition coefficient (Wildman–Crippen LogP) is 3.47. The molecule has 2 aromatic carbocycles. The Morgan fingerprint density at radius 2 is 1.47 bits per heavy atom. The molecular weight excluding hydrogens is 246 g/mol. The highest BCUT2D eigenvalue weighted by Crippen LogP contribution is 2.22. The first-order valence-corrected chi connectivity index (χ1v) is 5.09. The maximum absolute atomic E-state index is 12.5. The quantitative estimate of drug-likeness (QED) is 0.560. The van der Waals surface area contributed by atoms with Crippen molar-refractivity contribution >= 4 is 23.0 Å². The van der Waals surface area contributed by atoms with Crippen LogP contribution in [0.3, 0.4) is 0 Å². The second kappa shape index (κ2) is 6.06. The number of anilines is 2. The molecule has 90 valence electrons. The van der Waals surface area contributed by atoms with E-state index >= 15 is 0 Å². The van der Waals surface area contributed by atoms with Gasteiger partial charge < -0.3 is 11.5 Å². The first-order chi connectivity index (χ1) is 8.02. The molecule has 0 bridgehead atoms. The van der Waals surface area contributed by atoms with Crippen LogP contribution in [0.1, 0.15) is 0 Å². The van der Waals surface area contributed by atoms with Gasteiger partial charge in [0.2, 0.25) is 0 Å². The van der Waals surface area contributed by atoms with Crippen molar-refractivity contribution in [1.82, 2.24) is 0 Å². The second-order valence-electron chi connectivity index (χ2n) is 3.18. The fourth-order valence-electron chi connectivity index (χ4n) is 0.994. The molecule has 2 rings (SSSR count). The molecular formula is C12H11ClF2N2. The van der Waals surface area contributed by atoms with E-state index in [4.69, 9.17) is 23.1 Å². The Bertz CT molecular complexity index is 462. The van der Waals surface area contributed by atoms with Crippen LogP contribution < -0.4 is 11.5 Å². The molecule has 2 nitrogen and oxygen atoms in total. The van der Waals surface area contributed by atoms with Gasteiger partial charge in [0.15, 0.2) is 5.82 Å². The Morgan fingerprint density at radius 1 is 0.882 bits per heavy atom. The molecule has 0 aliphatic rings. The molecule has 0 amide bonds. The standard InChI is InChI=1S/C6H4ClF2N.C6H7N/c7-5-3(8)1-2-4(10)6(5)9;7-6-4-2-1-3-5-6/h1-2H,10H2;1-5H,7H2. The Labute approximate surface area is 103 Å². The Balaban J connectivity index is 0.000000181. The fourth-order valence-corrected chi connectivity index (χ4v) is 1.17. The number of halogens is 3. The van der Waals surface area contributed by atoms with E-state index in [1.807, 2.05) is 30.3 Å². The van der Waals surface area contributed by atoms with E-state index < -0.39 is 16.7 Å². The van der Waals surface area contributed by atoms with Gasteiger partial charge in [-0.1, -0.05) is 29.8 Å². The fraction of sp³-hybridized carbons (Fsp3) is 0. The molecule has 0 aliphatic carbocycles. The summed E-state index contributed by atoms with van der Waals surface area (Å²) < 4.78 is 24.8. The number of benzene rings is 2. The summed E-state index contributed by atoms with van der Waals surface area (Å²) in [6.45, 7) is 0. The van der Waals surface area contributed by atoms with Gasteiger partial charge in [-0.3, -0.25) is 0 Å². The number of hydrogen-bond acceptors (Lipinski definition) is 2. The van der Waals surface area contributed by atoms with Gasteiger partial charge in [-0.2, -0.15) is 0 Å². The van der Waals surface area contributed by atoms with Crippen molar-refractivity contribution < 1.29 is 8.78 Å². The molecule has 17 heavy (non-hydrogen) atoms. The van der Waals surface area contributed by atoms with Crippen LogP contribution >= 0.6 is 11.6 Å². The molecule has 0 heterocycles. The van der Waals surface area contributed by atoms with Crippen molar-refractivity contribution in [2.45, 2.75) is 0 Å². The molecule has 4 N–H and O–H groups in total. The van der Waals surface area contributed by atoms with Crippen LogP contribution in [0, 0.1) is 11.6 Å². The van der Waals surface area contributed by atoms with Crippen molar-refractivity contribution in [2.24, 2.45) is 0 Å². The third kappa shape index (κ3) is 3.92. The molecule has 0 atom stereocenters. The number of nitrogen functional groups attached to an aromatic ring is 2. The van der Waals surface area contributed by atoms with E-state index in [2.05, 4.69) is 0 Å². The van der Waals surface area contributed by atoms with Crippen LogP contribution in [0.4, 0.5) is 20.2 Å². The predicted molar refractivity (Wildman–Crippen MR) is 66.6 cm³/mol. The van der Waals surface area contributed by atoms with Crippen molar-refractivity contribution in [3.63, 3.8) is 0 Å². The minimum atomic E-state index is -0.901. The lowest BCUT2D eigenvalue weighted by Gasteiger charge is -1.97. The van der Waals surface area contributed by atoms with Gasteiger partial charge in [0.25, 0.3) is 0 Å². The zero-order chi connectivity index (χ0) is 12.8. The molecule has 0 aliphatic heterocycles. The summed E-state index contributed by atoms with van der Waals surface area (Å²) in [5, 5.41) is -0.556. The average Bonchev–Trinajstić information content (AvgIpc) is 2.33. The lowest BCUT2D eigenvalue weighted by Crippen LogP contribution is -1.92. The van der Waals surface area contributed by atoms with Crippen LogP contribution in [-0.2, 0) is 0 Å². The van der Waals surface area contributed by atoms with E-state index in [0.717, 1.165) is 17.8 Å². The molecule has 0 saturated heterocycles. The van der Waals surface area contributed by atoms with Crippen molar-refractivity contribution in [3.05, 3.63) is 59.1 Å². The van der Waals surface area contributed by atoms with Gasteiger partial charge >= 0.3 is 0 Å². The third-order valence-electron chi connectivity index (χ3n) is 1.86. The maximum Gasteiger partial charge on any atom is 0.167 e. The normalized spacial score (nSPS) is 9.35. The monoisotopic (exact) mass is 256 g/mol. The highest BCUT2D eigenvalue weighted by Gasteiger charge is 2.07. The first-order valence-electron chi connectivity index (χ1n) is 4.72. The largest absolute Gasteiger partial charge is 0.399 e. The molecule has 5 heteroatoms. The Morgan fingerprint density at radius 3 is 1.88 bits per heavy atom. The van der Waals surface area contributed by atoms with Crippen molar-refractivity contribution in [1.29, 1.82) is 0 Å². The zero-order valence-electron chi connectivity index (χ0n) is 8.83. The van der Waals surface area contributed by atoms with Gasteiger partial charge in [-0.25, -0.2) is 8.78 Å². The van der Waals surface area contributed by atoms with Crippen LogP contribution in [0.15, 0.2) is 42.5 Å². The highest BCUT2D eigenvalue weighted by atomic mass is 35.5. The van der Waals surface area contributed by atoms with Gasteiger partial charge in [0.1, 0.15) is 10.8 Å². The van der Waals surface area contributed by atoms with Gasteiger partial charge in [0, 0.05) is 5.69 Å². The molecule has 0 saturated carbocycles. The minimum Gasteiger partial charge on any atom is -0.399 e. The number of para-hydroxylation sites is 1. The third-order valence-corrected chi connectivity index (χ3v) is 2.21. The molecule has 0 radical (unpaired) electrons. The smallest absolute Gasteiger partial charge is 0.167 e. The SMILES string of the molecule is Nc1ccc(F)c(Cl)c1F.Nc1ccccc1. The van der Waals surface area contributed by atoms with Gasteiger partial charge in [0.05, 0.1) is 5.69 Å². The maximum atomic E-state index is 12.5. The van der Waals surface area contributed by atoms with Gasteiger partial charge in [-0.15, -0.1) is 0 Å². The second-order valence-corrected chi connectivity index (χ2v) is 3.55. The summed E-state index contributed by atoms with van der Waals surface area (Å²) in [6, 6.07) is 11.6. The summed E-state index contributed by atoms with van der Waals surface area (Å²) in [6.07, 6.45) is 0. The number of hydrogen-bond donors (Lipinski definition) is 2. The molecule has 0 aromatic heterocycles. The average molecular weight is 257 g/mol. The van der Waals surface area contributed by atoms with Crippen LogP contribution in [0.25, 0.3) is 0 Å². The van der Waals surface area contributed by atoms with E-state index in [-0.39, 0.29) is 5.69 Å². The van der Waals surface area contributed by atoms with E-state index in [1.165, 1.54) is 0 Å². The minimum absolute atomic E-state index is 0.147. The van der Waals surface area contributed by atoms with Crippen molar-refractivity contribution in [2.75, 3.05) is 11.5 Å². The lowest BCUT2D eigenvalue weighted by atomic mass is 10.3. The van der Waals surface area contributed by atoms with Crippen molar-refractivity contribution in [3.8, 4) is 0 Å². The summed E-state index contributed by atoms with van der Waals surface area (Å²) in [5.74, 6) is -1.70. The Kier molecular flexibility index (Phi) is 4.72. The lowest BCUT2D eigenvalue weighted by molar-refractivity contribution is 0.587. The molecule has 0 unspecified atom stereocenters. The van der Waals surface area contributed by atoms with E-state index in [0.29, 0.717) is 0 Å². The van der Waals surface area contributed by atoms with Crippen LogP contribution in [-0.4, -0.2) is 0 Å². The van der Waals surface area contributed by atoms with Crippen LogP contribution in [0.5, 0.6) is 0 Å². The molecule has 2 aromatic rings. The number of rotatable bonds is 0. The summed E-state index contributed by atoms with van der Waals surface area (Å²) in [5.41, 5.74) is 11.1. The summed E-state index contributed by atoms with van der Waals surface area (Å²) in [4.78, 5) is 0. The zero-order valence-corrected chi connectivity index (χ0v) is 9.59.